The van der Waals surface area contributed by atoms with Crippen LogP contribution in [0.2, 0.25) is 0 Å². The molecular weight excluding hydrogens is 357 g/mol. The summed E-state index contributed by atoms with van der Waals surface area (Å²) in [4.78, 5) is 12.7. The molecule has 3 aromatic carbocycles. The maximum atomic E-state index is 13.8. The maximum Gasteiger partial charge on any atom is 0.251 e. The van der Waals surface area contributed by atoms with Crippen molar-refractivity contribution in [2.24, 2.45) is 0 Å². The van der Waals surface area contributed by atoms with E-state index in [9.17, 15) is 9.18 Å². The average Bonchev–Trinajstić information content (AvgIpc) is 2.74. The monoisotopic (exact) mass is 377 g/mol. The first kappa shape index (κ1) is 18.2. The van der Waals surface area contributed by atoms with Crippen LogP contribution in [0.25, 0.3) is 11.1 Å². The van der Waals surface area contributed by atoms with E-state index in [-0.39, 0.29) is 18.5 Å². The highest BCUT2D eigenvalue weighted by Crippen LogP contribution is 2.29. The van der Waals surface area contributed by atoms with Crippen LogP contribution >= 0.6 is 0 Å². The Labute approximate surface area is 162 Å². The predicted molar refractivity (Wildman–Crippen MR) is 105 cm³/mol. The van der Waals surface area contributed by atoms with Crippen molar-refractivity contribution in [3.05, 3.63) is 89.2 Å². The lowest BCUT2D eigenvalue weighted by Crippen LogP contribution is -2.26. The third kappa shape index (κ3) is 3.89. The number of amides is 1. The molecule has 0 saturated heterocycles. The number of fused-ring (bicyclic) bond motifs is 1. The van der Waals surface area contributed by atoms with E-state index in [4.69, 9.17) is 9.47 Å². The van der Waals surface area contributed by atoms with E-state index in [0.29, 0.717) is 36.4 Å². The SMILES string of the molecule is O=C(NCCc1cc(F)cc2c1OCOC2)c1ccccc1-c1ccccc1. The van der Waals surface area contributed by atoms with Crippen molar-refractivity contribution >= 4 is 5.91 Å². The number of rotatable bonds is 5. The molecule has 0 spiro atoms. The van der Waals surface area contributed by atoms with Gasteiger partial charge < -0.3 is 14.8 Å². The van der Waals surface area contributed by atoms with Crippen LogP contribution in [0.5, 0.6) is 5.75 Å². The Kier molecular flexibility index (Phi) is 5.35. The molecule has 28 heavy (non-hydrogen) atoms. The number of carbonyl (C=O) groups excluding carboxylic acids is 1. The van der Waals surface area contributed by atoms with Crippen LogP contribution in [0, 0.1) is 5.82 Å². The Morgan fingerprint density at radius 3 is 2.68 bits per heavy atom. The number of carbonyl (C=O) groups is 1. The van der Waals surface area contributed by atoms with Crippen molar-refractivity contribution in [1.82, 2.24) is 5.32 Å². The fourth-order valence-electron chi connectivity index (χ4n) is 3.40. The molecule has 1 aliphatic rings. The van der Waals surface area contributed by atoms with Crippen molar-refractivity contribution in [2.45, 2.75) is 13.0 Å². The van der Waals surface area contributed by atoms with Gasteiger partial charge in [0.2, 0.25) is 0 Å². The summed E-state index contributed by atoms with van der Waals surface area (Å²) in [7, 11) is 0. The Hall–Kier alpha value is -3.18. The number of benzene rings is 3. The van der Waals surface area contributed by atoms with Crippen LogP contribution in [-0.2, 0) is 17.8 Å². The van der Waals surface area contributed by atoms with Crippen molar-refractivity contribution in [3.8, 4) is 16.9 Å². The number of halogens is 1. The van der Waals surface area contributed by atoms with Gasteiger partial charge in [-0.15, -0.1) is 0 Å². The van der Waals surface area contributed by atoms with Crippen LogP contribution in [-0.4, -0.2) is 19.2 Å². The second kappa shape index (κ2) is 8.23. The summed E-state index contributed by atoms with van der Waals surface area (Å²) in [6.07, 6.45) is 0.472. The first-order valence-electron chi connectivity index (χ1n) is 9.17. The molecule has 0 aliphatic carbocycles. The van der Waals surface area contributed by atoms with Gasteiger partial charge in [-0.1, -0.05) is 48.5 Å². The van der Waals surface area contributed by atoms with E-state index in [0.717, 1.165) is 16.7 Å². The topological polar surface area (TPSA) is 47.6 Å². The smallest absolute Gasteiger partial charge is 0.251 e. The maximum absolute atomic E-state index is 13.8. The fourth-order valence-corrected chi connectivity index (χ4v) is 3.40. The molecule has 1 N–H and O–H groups in total. The molecule has 1 aliphatic heterocycles. The molecule has 0 saturated carbocycles. The fraction of sp³-hybridized carbons (Fsp3) is 0.174. The minimum absolute atomic E-state index is 0.155. The molecule has 0 atom stereocenters. The molecule has 3 aromatic rings. The first-order chi connectivity index (χ1) is 13.7. The van der Waals surface area contributed by atoms with Gasteiger partial charge in [0.05, 0.1) is 6.61 Å². The van der Waals surface area contributed by atoms with Crippen LogP contribution in [0.1, 0.15) is 21.5 Å². The zero-order valence-electron chi connectivity index (χ0n) is 15.3. The average molecular weight is 377 g/mol. The molecule has 0 aromatic heterocycles. The summed E-state index contributed by atoms with van der Waals surface area (Å²) in [5, 5.41) is 2.94. The van der Waals surface area contributed by atoms with E-state index in [2.05, 4.69) is 5.32 Å². The van der Waals surface area contributed by atoms with Gasteiger partial charge in [0.15, 0.2) is 6.79 Å². The van der Waals surface area contributed by atoms with Gasteiger partial charge >= 0.3 is 0 Å². The lowest BCUT2D eigenvalue weighted by molar-refractivity contribution is -0.0172. The lowest BCUT2D eigenvalue weighted by Gasteiger charge is -2.21. The Balaban J connectivity index is 1.47. The van der Waals surface area contributed by atoms with Gasteiger partial charge in [-0.25, -0.2) is 4.39 Å². The van der Waals surface area contributed by atoms with Crippen LogP contribution in [0.4, 0.5) is 4.39 Å². The molecule has 1 amide bonds. The zero-order valence-corrected chi connectivity index (χ0v) is 15.3. The van der Waals surface area contributed by atoms with Gasteiger partial charge in [-0.05, 0) is 41.3 Å². The molecule has 5 heteroatoms. The quantitative estimate of drug-likeness (QED) is 0.720. The van der Waals surface area contributed by atoms with Gasteiger partial charge in [0, 0.05) is 17.7 Å². The predicted octanol–water partition coefficient (Wildman–Crippen LogP) is 4.33. The standard InChI is InChI=1S/C23H20FNO3/c24-19-12-17(22-18(13-19)14-27-15-28-22)10-11-25-23(26)21-9-5-4-8-20(21)16-6-2-1-3-7-16/h1-9,12-13H,10-11,14-15H2,(H,25,26). The molecule has 0 unspecified atom stereocenters. The molecule has 0 radical (unpaired) electrons. The number of ether oxygens (including phenoxy) is 2. The van der Waals surface area contributed by atoms with E-state index < -0.39 is 0 Å². The van der Waals surface area contributed by atoms with Crippen molar-refractivity contribution in [1.29, 1.82) is 0 Å². The van der Waals surface area contributed by atoms with Gasteiger partial charge in [-0.2, -0.15) is 0 Å². The second-order valence-electron chi connectivity index (χ2n) is 6.58. The first-order valence-corrected chi connectivity index (χ1v) is 9.17. The van der Waals surface area contributed by atoms with E-state index in [1.54, 1.807) is 0 Å². The minimum Gasteiger partial charge on any atom is -0.467 e. The molecule has 0 bridgehead atoms. The van der Waals surface area contributed by atoms with Crippen LogP contribution in [0.15, 0.2) is 66.7 Å². The summed E-state index contributed by atoms with van der Waals surface area (Å²) in [6.45, 7) is 0.863. The van der Waals surface area contributed by atoms with E-state index >= 15 is 0 Å². The normalized spacial score (nSPS) is 12.8. The van der Waals surface area contributed by atoms with Gasteiger partial charge in [-0.3, -0.25) is 4.79 Å². The third-order valence-corrected chi connectivity index (χ3v) is 4.69. The van der Waals surface area contributed by atoms with Crippen molar-refractivity contribution in [3.63, 3.8) is 0 Å². The summed E-state index contributed by atoms with van der Waals surface area (Å²) in [5.74, 6) is 0.171. The van der Waals surface area contributed by atoms with E-state index in [1.165, 1.54) is 12.1 Å². The third-order valence-electron chi connectivity index (χ3n) is 4.69. The van der Waals surface area contributed by atoms with Crippen molar-refractivity contribution < 1.29 is 18.7 Å². The molecule has 142 valence electrons. The summed E-state index contributed by atoms with van der Waals surface area (Å²) < 4.78 is 24.6. The Bertz CT molecular complexity index is 988. The zero-order chi connectivity index (χ0) is 19.3. The molecule has 4 nitrogen and oxygen atoms in total. The van der Waals surface area contributed by atoms with Crippen molar-refractivity contribution in [2.75, 3.05) is 13.3 Å². The van der Waals surface area contributed by atoms with Crippen LogP contribution in [0.3, 0.4) is 0 Å². The number of nitrogens with one attached hydrogen (secondary N) is 1. The van der Waals surface area contributed by atoms with Gasteiger partial charge in [0.25, 0.3) is 5.91 Å². The lowest BCUT2D eigenvalue weighted by atomic mass is 9.99. The summed E-state index contributed by atoms with van der Waals surface area (Å²) in [6, 6.07) is 20.2. The molecule has 1 heterocycles. The summed E-state index contributed by atoms with van der Waals surface area (Å²) in [5.41, 5.74) is 3.90. The highest BCUT2D eigenvalue weighted by molar-refractivity contribution is 6.00. The summed E-state index contributed by atoms with van der Waals surface area (Å²) >= 11 is 0. The highest BCUT2D eigenvalue weighted by atomic mass is 19.1. The minimum atomic E-state index is -0.330. The molecule has 0 fully saturated rings. The number of hydrogen-bond acceptors (Lipinski definition) is 3. The second-order valence-corrected chi connectivity index (χ2v) is 6.58. The highest BCUT2D eigenvalue weighted by Gasteiger charge is 2.17. The Morgan fingerprint density at radius 2 is 1.82 bits per heavy atom. The van der Waals surface area contributed by atoms with Gasteiger partial charge in [0.1, 0.15) is 11.6 Å². The Morgan fingerprint density at radius 1 is 1.04 bits per heavy atom. The largest absolute Gasteiger partial charge is 0.467 e. The van der Waals surface area contributed by atoms with E-state index in [1.807, 2.05) is 54.6 Å². The number of hydrogen-bond donors (Lipinski definition) is 1. The molecule has 4 rings (SSSR count). The van der Waals surface area contributed by atoms with Crippen LogP contribution < -0.4 is 10.1 Å². The molecular formula is C23H20FNO3.